The summed E-state index contributed by atoms with van der Waals surface area (Å²) in [5, 5.41) is 21.7. The number of benzene rings is 1. The van der Waals surface area contributed by atoms with Crippen LogP contribution in [-0.2, 0) is 0 Å². The van der Waals surface area contributed by atoms with Crippen LogP contribution >= 0.6 is 0 Å². The van der Waals surface area contributed by atoms with Gasteiger partial charge in [0.1, 0.15) is 5.75 Å². The summed E-state index contributed by atoms with van der Waals surface area (Å²) in [4.78, 5) is 11.8. The number of aliphatic hydroxyl groups excluding tert-OH is 1. The molecule has 0 aliphatic rings. The smallest absolute Gasteiger partial charge is 0.251 e. The molecule has 4 heteroatoms. The fraction of sp³-hybridized carbons (Fsp3) is 0.500. The second-order valence-corrected chi connectivity index (χ2v) is 4.40. The van der Waals surface area contributed by atoms with Crippen LogP contribution in [0.5, 0.6) is 5.75 Å². The molecule has 18 heavy (non-hydrogen) atoms. The Morgan fingerprint density at radius 3 is 2.28 bits per heavy atom. The first-order chi connectivity index (χ1) is 8.58. The van der Waals surface area contributed by atoms with E-state index in [1.54, 1.807) is 12.1 Å². The van der Waals surface area contributed by atoms with E-state index in [0.717, 1.165) is 12.8 Å². The topological polar surface area (TPSA) is 69.6 Å². The number of nitrogens with one attached hydrogen (secondary N) is 1. The summed E-state index contributed by atoms with van der Waals surface area (Å²) in [6, 6.07) is 6.03. The molecule has 0 saturated heterocycles. The maximum Gasteiger partial charge on any atom is 0.251 e. The van der Waals surface area contributed by atoms with Gasteiger partial charge in [-0.15, -0.1) is 0 Å². The van der Waals surface area contributed by atoms with Crippen molar-refractivity contribution in [3.05, 3.63) is 29.8 Å². The molecule has 0 fully saturated rings. The monoisotopic (exact) mass is 251 g/mol. The molecule has 0 aromatic heterocycles. The number of rotatable bonds is 6. The average molecular weight is 251 g/mol. The molecular formula is C14H21NO3. The number of phenols is 1. The van der Waals surface area contributed by atoms with Crippen LogP contribution in [0.15, 0.2) is 24.3 Å². The number of aromatic hydroxyl groups is 1. The van der Waals surface area contributed by atoms with Crippen LogP contribution in [0.2, 0.25) is 0 Å². The molecule has 0 aliphatic heterocycles. The van der Waals surface area contributed by atoms with E-state index in [0.29, 0.717) is 5.56 Å². The van der Waals surface area contributed by atoms with Crippen molar-refractivity contribution in [2.45, 2.75) is 32.8 Å². The van der Waals surface area contributed by atoms with E-state index in [2.05, 4.69) is 5.32 Å². The lowest BCUT2D eigenvalue weighted by Gasteiger charge is -2.20. The van der Waals surface area contributed by atoms with Crippen molar-refractivity contribution in [1.29, 1.82) is 0 Å². The number of carbonyl (C=O) groups is 1. The van der Waals surface area contributed by atoms with E-state index in [9.17, 15) is 9.90 Å². The third kappa shape index (κ3) is 4.04. The Hall–Kier alpha value is -1.55. The first-order valence-electron chi connectivity index (χ1n) is 6.33. The zero-order valence-corrected chi connectivity index (χ0v) is 10.9. The lowest BCUT2D eigenvalue weighted by Crippen LogP contribution is -2.36. The summed E-state index contributed by atoms with van der Waals surface area (Å²) < 4.78 is 0. The third-order valence-electron chi connectivity index (χ3n) is 3.19. The normalized spacial score (nSPS) is 12.4. The number of carbonyl (C=O) groups excluding carboxylic acids is 1. The van der Waals surface area contributed by atoms with Crippen molar-refractivity contribution in [3.8, 4) is 5.75 Å². The van der Waals surface area contributed by atoms with Gasteiger partial charge in [0, 0.05) is 12.1 Å². The molecule has 100 valence electrons. The number of hydrogen-bond donors (Lipinski definition) is 3. The van der Waals surface area contributed by atoms with E-state index < -0.39 is 6.10 Å². The van der Waals surface area contributed by atoms with Gasteiger partial charge in [0.25, 0.3) is 5.91 Å². The summed E-state index contributed by atoms with van der Waals surface area (Å²) in [5.74, 6) is 0.105. The highest BCUT2D eigenvalue weighted by Crippen LogP contribution is 2.13. The van der Waals surface area contributed by atoms with Gasteiger partial charge in [-0.05, 0) is 30.2 Å². The molecule has 0 radical (unpaired) electrons. The van der Waals surface area contributed by atoms with Crippen LogP contribution in [0.1, 0.15) is 37.0 Å². The van der Waals surface area contributed by atoms with Gasteiger partial charge < -0.3 is 15.5 Å². The van der Waals surface area contributed by atoms with E-state index in [-0.39, 0.29) is 24.1 Å². The molecule has 0 spiro atoms. The molecule has 0 saturated carbocycles. The van der Waals surface area contributed by atoms with Crippen molar-refractivity contribution in [3.63, 3.8) is 0 Å². The van der Waals surface area contributed by atoms with Crippen LogP contribution in [0.25, 0.3) is 0 Å². The Morgan fingerprint density at radius 1 is 1.22 bits per heavy atom. The van der Waals surface area contributed by atoms with Crippen molar-refractivity contribution >= 4 is 5.91 Å². The van der Waals surface area contributed by atoms with Crippen LogP contribution < -0.4 is 5.32 Å². The molecule has 0 heterocycles. The molecule has 1 aromatic carbocycles. The second kappa shape index (κ2) is 7.01. The van der Waals surface area contributed by atoms with Crippen molar-refractivity contribution in [2.24, 2.45) is 5.92 Å². The first kappa shape index (κ1) is 14.5. The van der Waals surface area contributed by atoms with E-state index in [1.165, 1.54) is 12.1 Å². The summed E-state index contributed by atoms with van der Waals surface area (Å²) in [5.41, 5.74) is 0.476. The lowest BCUT2D eigenvalue weighted by molar-refractivity contribution is 0.0816. The lowest BCUT2D eigenvalue weighted by atomic mass is 9.96. The molecule has 1 unspecified atom stereocenters. The quantitative estimate of drug-likeness (QED) is 0.723. The van der Waals surface area contributed by atoms with Crippen LogP contribution in [0, 0.1) is 5.92 Å². The minimum absolute atomic E-state index is 0.128. The largest absolute Gasteiger partial charge is 0.508 e. The predicted octanol–water partition coefficient (Wildman–Crippen LogP) is 1.92. The SMILES string of the molecule is CCC(CC)C(O)CNC(=O)c1ccc(O)cc1. The van der Waals surface area contributed by atoms with E-state index in [1.807, 2.05) is 13.8 Å². The molecule has 1 amide bonds. The van der Waals surface area contributed by atoms with Crippen LogP contribution in [0.4, 0.5) is 0 Å². The molecule has 4 nitrogen and oxygen atoms in total. The summed E-state index contributed by atoms with van der Waals surface area (Å²) in [7, 11) is 0. The summed E-state index contributed by atoms with van der Waals surface area (Å²) >= 11 is 0. The third-order valence-corrected chi connectivity index (χ3v) is 3.19. The summed E-state index contributed by atoms with van der Waals surface area (Å²) in [6.07, 6.45) is 1.28. The van der Waals surface area contributed by atoms with Gasteiger partial charge in [-0.1, -0.05) is 26.7 Å². The standard InChI is InChI=1S/C14H21NO3/c1-3-10(4-2)13(17)9-15-14(18)11-5-7-12(16)8-6-11/h5-8,10,13,16-17H,3-4,9H2,1-2H3,(H,15,18). The van der Waals surface area contributed by atoms with Crippen molar-refractivity contribution < 1.29 is 15.0 Å². The molecule has 3 N–H and O–H groups in total. The van der Waals surface area contributed by atoms with Gasteiger partial charge in [-0.2, -0.15) is 0 Å². The highest BCUT2D eigenvalue weighted by Gasteiger charge is 2.16. The molecular weight excluding hydrogens is 230 g/mol. The number of aliphatic hydroxyl groups is 1. The molecule has 1 aromatic rings. The van der Waals surface area contributed by atoms with Gasteiger partial charge in [0.2, 0.25) is 0 Å². The molecule has 1 atom stereocenters. The highest BCUT2D eigenvalue weighted by molar-refractivity contribution is 5.94. The van der Waals surface area contributed by atoms with Gasteiger partial charge in [-0.3, -0.25) is 4.79 Å². The fourth-order valence-electron chi connectivity index (χ4n) is 1.91. The Labute approximate surface area is 108 Å². The Kier molecular flexibility index (Phi) is 5.65. The van der Waals surface area contributed by atoms with Crippen molar-refractivity contribution in [1.82, 2.24) is 5.32 Å². The van der Waals surface area contributed by atoms with Gasteiger partial charge in [0.05, 0.1) is 6.10 Å². The number of hydrogen-bond acceptors (Lipinski definition) is 3. The molecule has 1 rings (SSSR count). The minimum atomic E-state index is -0.513. The summed E-state index contributed by atoms with van der Waals surface area (Å²) in [6.45, 7) is 4.31. The van der Waals surface area contributed by atoms with Crippen LogP contribution in [-0.4, -0.2) is 28.8 Å². The van der Waals surface area contributed by atoms with Crippen molar-refractivity contribution in [2.75, 3.05) is 6.54 Å². The Bertz CT molecular complexity index is 371. The average Bonchev–Trinajstić information content (AvgIpc) is 2.38. The first-order valence-corrected chi connectivity index (χ1v) is 6.33. The van der Waals surface area contributed by atoms with E-state index >= 15 is 0 Å². The zero-order valence-electron chi connectivity index (χ0n) is 10.9. The number of amides is 1. The highest BCUT2D eigenvalue weighted by atomic mass is 16.3. The minimum Gasteiger partial charge on any atom is -0.508 e. The second-order valence-electron chi connectivity index (χ2n) is 4.40. The van der Waals surface area contributed by atoms with Gasteiger partial charge in [0.15, 0.2) is 0 Å². The van der Waals surface area contributed by atoms with Crippen LogP contribution in [0.3, 0.4) is 0 Å². The zero-order chi connectivity index (χ0) is 13.5. The van der Waals surface area contributed by atoms with E-state index in [4.69, 9.17) is 5.11 Å². The molecule has 0 aliphatic carbocycles. The van der Waals surface area contributed by atoms with Gasteiger partial charge in [-0.25, -0.2) is 0 Å². The Morgan fingerprint density at radius 2 is 1.78 bits per heavy atom. The molecule has 0 bridgehead atoms. The fourth-order valence-corrected chi connectivity index (χ4v) is 1.91. The Balaban J connectivity index is 2.48. The number of phenolic OH excluding ortho intramolecular Hbond substituents is 1. The van der Waals surface area contributed by atoms with Gasteiger partial charge >= 0.3 is 0 Å². The maximum absolute atomic E-state index is 11.8. The predicted molar refractivity (Wildman–Crippen MR) is 70.5 cm³/mol. The maximum atomic E-state index is 11.8.